The van der Waals surface area contributed by atoms with Gasteiger partial charge in [0, 0.05) is 6.54 Å². The molecule has 1 fully saturated rings. The van der Waals surface area contributed by atoms with Gasteiger partial charge in [-0.15, -0.1) is 0 Å². The number of carbonyl (C=O) groups excluding carboxylic acids is 1. The van der Waals surface area contributed by atoms with Gasteiger partial charge in [-0.1, -0.05) is 55.0 Å². The zero-order chi connectivity index (χ0) is 20.0. The maximum atomic E-state index is 12.9. The summed E-state index contributed by atoms with van der Waals surface area (Å²) in [5.41, 5.74) is 1.56. The van der Waals surface area contributed by atoms with Gasteiger partial charge in [0.1, 0.15) is 5.75 Å². The fourth-order valence-electron chi connectivity index (χ4n) is 3.86. The monoisotopic (exact) mass is 381 g/mol. The van der Waals surface area contributed by atoms with E-state index in [4.69, 9.17) is 4.74 Å². The maximum Gasteiger partial charge on any atom is 0.308 e. The molecule has 2 aromatic rings. The van der Waals surface area contributed by atoms with E-state index in [1.54, 1.807) is 7.11 Å². The van der Waals surface area contributed by atoms with Crippen LogP contribution in [0.3, 0.4) is 0 Å². The number of methoxy groups -OCH3 is 1. The lowest BCUT2D eigenvalue weighted by Crippen LogP contribution is -2.49. The number of hydrogen-bond donors (Lipinski definition) is 2. The predicted octanol–water partition coefficient (Wildman–Crippen LogP) is 3.47. The molecule has 0 bridgehead atoms. The number of carbonyl (C=O) groups is 2. The molecule has 0 radical (unpaired) electrons. The molecule has 0 aromatic heterocycles. The third-order valence-electron chi connectivity index (χ3n) is 5.69. The second-order valence-electron chi connectivity index (χ2n) is 7.56. The Bertz CT molecular complexity index is 814. The van der Waals surface area contributed by atoms with Gasteiger partial charge in [0.2, 0.25) is 5.91 Å². The van der Waals surface area contributed by atoms with E-state index in [9.17, 15) is 14.7 Å². The predicted molar refractivity (Wildman–Crippen MR) is 107 cm³/mol. The van der Waals surface area contributed by atoms with E-state index < -0.39 is 17.3 Å². The fourth-order valence-corrected chi connectivity index (χ4v) is 3.86. The molecule has 0 aliphatic heterocycles. The Hall–Kier alpha value is -2.82. The van der Waals surface area contributed by atoms with Crippen molar-refractivity contribution in [3.63, 3.8) is 0 Å². The number of nitrogens with one attached hydrogen (secondary N) is 1. The van der Waals surface area contributed by atoms with Gasteiger partial charge in [-0.25, -0.2) is 0 Å². The van der Waals surface area contributed by atoms with Gasteiger partial charge >= 0.3 is 5.97 Å². The molecule has 1 aliphatic rings. The SMILES string of the molecule is COc1ccccc1CC(CNC(=O)C1(Cc2ccccc2)CCC1)C(=O)O. The first-order valence-electron chi connectivity index (χ1n) is 9.71. The molecule has 3 rings (SSSR count). The topological polar surface area (TPSA) is 75.6 Å². The molecule has 0 heterocycles. The van der Waals surface area contributed by atoms with Gasteiger partial charge < -0.3 is 15.2 Å². The average molecular weight is 381 g/mol. The lowest BCUT2D eigenvalue weighted by Gasteiger charge is -2.40. The second-order valence-corrected chi connectivity index (χ2v) is 7.56. The van der Waals surface area contributed by atoms with Crippen LogP contribution in [0.4, 0.5) is 0 Å². The number of ether oxygens (including phenoxy) is 1. The molecular weight excluding hydrogens is 354 g/mol. The van der Waals surface area contributed by atoms with Crippen molar-refractivity contribution in [3.05, 3.63) is 65.7 Å². The molecule has 1 unspecified atom stereocenters. The second kappa shape index (κ2) is 8.91. The Labute approximate surface area is 165 Å². The van der Waals surface area contributed by atoms with Crippen molar-refractivity contribution < 1.29 is 19.4 Å². The smallest absolute Gasteiger partial charge is 0.308 e. The Morgan fingerprint density at radius 3 is 2.39 bits per heavy atom. The summed E-state index contributed by atoms with van der Waals surface area (Å²) in [6.07, 6.45) is 3.73. The molecule has 28 heavy (non-hydrogen) atoms. The summed E-state index contributed by atoms with van der Waals surface area (Å²) < 4.78 is 5.32. The molecule has 0 saturated heterocycles. The number of hydrogen-bond acceptors (Lipinski definition) is 3. The molecule has 2 aromatic carbocycles. The van der Waals surface area contributed by atoms with Gasteiger partial charge in [0.15, 0.2) is 0 Å². The minimum atomic E-state index is -0.920. The quantitative estimate of drug-likeness (QED) is 0.697. The lowest BCUT2D eigenvalue weighted by atomic mass is 9.64. The van der Waals surface area contributed by atoms with Crippen molar-refractivity contribution in [3.8, 4) is 5.75 Å². The van der Waals surface area contributed by atoms with Crippen LogP contribution in [0.25, 0.3) is 0 Å². The number of rotatable bonds is 9. The molecule has 1 saturated carbocycles. The van der Waals surface area contributed by atoms with Crippen LogP contribution in [0.2, 0.25) is 0 Å². The van der Waals surface area contributed by atoms with Crippen LogP contribution in [0.5, 0.6) is 5.75 Å². The van der Waals surface area contributed by atoms with Crippen molar-refractivity contribution >= 4 is 11.9 Å². The van der Waals surface area contributed by atoms with Gasteiger partial charge in [-0.05, 0) is 42.9 Å². The third-order valence-corrected chi connectivity index (χ3v) is 5.69. The third kappa shape index (κ3) is 4.53. The normalized spacial score (nSPS) is 15.9. The number of amides is 1. The van der Waals surface area contributed by atoms with Crippen LogP contribution in [0.1, 0.15) is 30.4 Å². The molecule has 2 N–H and O–H groups in total. The van der Waals surface area contributed by atoms with Crippen LogP contribution < -0.4 is 10.1 Å². The summed E-state index contributed by atoms with van der Waals surface area (Å²) in [6, 6.07) is 17.4. The van der Waals surface area contributed by atoms with Gasteiger partial charge in [0.25, 0.3) is 0 Å². The van der Waals surface area contributed by atoms with E-state index in [2.05, 4.69) is 5.32 Å². The summed E-state index contributed by atoms with van der Waals surface area (Å²) in [7, 11) is 1.57. The van der Waals surface area contributed by atoms with E-state index in [0.29, 0.717) is 18.6 Å². The lowest BCUT2D eigenvalue weighted by molar-refractivity contribution is -0.142. The number of carboxylic acid groups (broad SMARTS) is 1. The minimum Gasteiger partial charge on any atom is -0.496 e. The van der Waals surface area contributed by atoms with Crippen LogP contribution in [0, 0.1) is 11.3 Å². The molecular formula is C23H27NO4. The first kappa shape index (κ1) is 19.9. The van der Waals surface area contributed by atoms with Crippen LogP contribution in [-0.4, -0.2) is 30.6 Å². The Morgan fingerprint density at radius 2 is 1.79 bits per heavy atom. The molecule has 148 valence electrons. The van der Waals surface area contributed by atoms with Crippen molar-refractivity contribution in [2.75, 3.05) is 13.7 Å². The highest BCUT2D eigenvalue weighted by Gasteiger charge is 2.44. The Morgan fingerprint density at radius 1 is 1.11 bits per heavy atom. The van der Waals surface area contributed by atoms with E-state index in [1.165, 1.54) is 0 Å². The van der Waals surface area contributed by atoms with Gasteiger partial charge in [-0.2, -0.15) is 0 Å². The van der Waals surface area contributed by atoms with Crippen molar-refractivity contribution in [2.24, 2.45) is 11.3 Å². The molecule has 5 heteroatoms. The molecule has 1 amide bonds. The van der Waals surface area contributed by atoms with Crippen LogP contribution in [-0.2, 0) is 22.4 Å². The van der Waals surface area contributed by atoms with Crippen molar-refractivity contribution in [1.29, 1.82) is 0 Å². The number of para-hydroxylation sites is 1. The van der Waals surface area contributed by atoms with Crippen LogP contribution in [0.15, 0.2) is 54.6 Å². The van der Waals surface area contributed by atoms with E-state index in [-0.39, 0.29) is 12.5 Å². The standard InChI is InChI=1S/C23H27NO4/c1-28-20-11-6-5-10-18(20)14-19(21(25)26)16-24-22(27)23(12-7-13-23)15-17-8-3-2-4-9-17/h2-6,8-11,19H,7,12-16H2,1H3,(H,24,27)(H,25,26). The highest BCUT2D eigenvalue weighted by Crippen LogP contribution is 2.44. The van der Waals surface area contributed by atoms with E-state index in [0.717, 1.165) is 30.4 Å². The first-order valence-corrected chi connectivity index (χ1v) is 9.71. The summed E-state index contributed by atoms with van der Waals surface area (Å²) in [5.74, 6) is -0.987. The number of aliphatic carboxylic acids is 1. The van der Waals surface area contributed by atoms with Gasteiger partial charge in [-0.3, -0.25) is 9.59 Å². The summed E-state index contributed by atoms with van der Waals surface area (Å²) in [6.45, 7) is 0.114. The average Bonchev–Trinajstić information content (AvgIpc) is 2.68. The molecule has 5 nitrogen and oxygen atoms in total. The number of benzene rings is 2. The minimum absolute atomic E-state index is 0.0334. The highest BCUT2D eigenvalue weighted by molar-refractivity contribution is 5.84. The molecule has 0 spiro atoms. The molecule has 1 aliphatic carbocycles. The molecule has 1 atom stereocenters. The van der Waals surface area contributed by atoms with Crippen LogP contribution >= 0.6 is 0 Å². The maximum absolute atomic E-state index is 12.9. The summed E-state index contributed by atoms with van der Waals surface area (Å²) in [5, 5.41) is 12.6. The first-order chi connectivity index (χ1) is 13.5. The summed E-state index contributed by atoms with van der Waals surface area (Å²) in [4.78, 5) is 24.7. The largest absolute Gasteiger partial charge is 0.496 e. The van der Waals surface area contributed by atoms with E-state index >= 15 is 0 Å². The summed E-state index contributed by atoms with van der Waals surface area (Å²) >= 11 is 0. The zero-order valence-electron chi connectivity index (χ0n) is 16.2. The van der Waals surface area contributed by atoms with E-state index in [1.807, 2.05) is 54.6 Å². The van der Waals surface area contributed by atoms with Crippen molar-refractivity contribution in [2.45, 2.75) is 32.1 Å². The highest BCUT2D eigenvalue weighted by atomic mass is 16.5. The fraction of sp³-hybridized carbons (Fsp3) is 0.391. The van der Waals surface area contributed by atoms with Gasteiger partial charge in [0.05, 0.1) is 18.4 Å². The number of carboxylic acids is 1. The zero-order valence-corrected chi connectivity index (χ0v) is 16.2. The Kier molecular flexibility index (Phi) is 6.34. The van der Waals surface area contributed by atoms with Crippen molar-refractivity contribution in [1.82, 2.24) is 5.32 Å². The Balaban J connectivity index is 1.64.